The van der Waals surface area contributed by atoms with Gasteiger partial charge in [0.2, 0.25) is 0 Å². The molecule has 0 bridgehead atoms. The zero-order chi connectivity index (χ0) is 11.4. The predicted molar refractivity (Wildman–Crippen MR) is 66.1 cm³/mol. The molecule has 1 aliphatic heterocycles. The van der Waals surface area contributed by atoms with Crippen molar-refractivity contribution in [3.05, 3.63) is 30.1 Å². The van der Waals surface area contributed by atoms with Crippen LogP contribution < -0.4 is 5.32 Å². The van der Waals surface area contributed by atoms with Gasteiger partial charge >= 0.3 is 0 Å². The molecule has 1 saturated heterocycles. The van der Waals surface area contributed by atoms with Gasteiger partial charge in [0.25, 0.3) is 0 Å². The number of nitrogens with zero attached hydrogens (tertiary/aromatic N) is 2. The number of aromatic nitrogens is 1. The van der Waals surface area contributed by atoms with Crippen molar-refractivity contribution in [1.82, 2.24) is 15.2 Å². The summed E-state index contributed by atoms with van der Waals surface area (Å²) in [7, 11) is 2.04. The second kappa shape index (κ2) is 5.41. The highest BCUT2D eigenvalue weighted by atomic mass is 15.2. The van der Waals surface area contributed by atoms with Gasteiger partial charge in [0, 0.05) is 18.8 Å². The molecule has 1 N–H and O–H groups in total. The first kappa shape index (κ1) is 11.6. The van der Waals surface area contributed by atoms with Crippen LogP contribution in [0.3, 0.4) is 0 Å². The first-order valence-corrected chi connectivity index (χ1v) is 6.10. The van der Waals surface area contributed by atoms with Crippen molar-refractivity contribution in [2.24, 2.45) is 5.92 Å². The van der Waals surface area contributed by atoms with Crippen LogP contribution >= 0.6 is 0 Å². The Morgan fingerprint density at radius 3 is 3.06 bits per heavy atom. The summed E-state index contributed by atoms with van der Waals surface area (Å²) in [5, 5.41) is 3.28. The molecule has 1 aliphatic rings. The second-order valence-electron chi connectivity index (χ2n) is 4.64. The third-order valence-electron chi connectivity index (χ3n) is 3.60. The molecule has 16 heavy (non-hydrogen) atoms. The van der Waals surface area contributed by atoms with E-state index in [1.807, 2.05) is 19.3 Å². The largest absolute Gasteiger partial charge is 0.319 e. The van der Waals surface area contributed by atoms with Gasteiger partial charge in [0.1, 0.15) is 0 Å². The lowest BCUT2D eigenvalue weighted by Gasteiger charge is -2.24. The van der Waals surface area contributed by atoms with Crippen molar-refractivity contribution in [1.29, 1.82) is 0 Å². The molecule has 3 heteroatoms. The highest BCUT2D eigenvalue weighted by Gasteiger charge is 2.29. The second-order valence-corrected chi connectivity index (χ2v) is 4.64. The average molecular weight is 219 g/mol. The average Bonchev–Trinajstić information content (AvgIpc) is 2.64. The summed E-state index contributed by atoms with van der Waals surface area (Å²) in [6.45, 7) is 5.64. The van der Waals surface area contributed by atoms with E-state index >= 15 is 0 Å². The van der Waals surface area contributed by atoms with E-state index < -0.39 is 0 Å². The molecule has 0 radical (unpaired) electrons. The van der Waals surface area contributed by atoms with Gasteiger partial charge in [-0.25, -0.2) is 0 Å². The van der Waals surface area contributed by atoms with Crippen LogP contribution in [0.5, 0.6) is 0 Å². The normalized spacial score (nSPS) is 26.1. The lowest BCUT2D eigenvalue weighted by atomic mass is 10.0. The summed E-state index contributed by atoms with van der Waals surface area (Å²) in [6, 6.07) is 6.81. The molecule has 0 aliphatic carbocycles. The van der Waals surface area contributed by atoms with E-state index in [0.29, 0.717) is 6.04 Å². The van der Waals surface area contributed by atoms with Gasteiger partial charge in [-0.3, -0.25) is 9.88 Å². The van der Waals surface area contributed by atoms with Crippen molar-refractivity contribution in [2.45, 2.75) is 25.9 Å². The topological polar surface area (TPSA) is 28.2 Å². The zero-order valence-electron chi connectivity index (χ0n) is 10.2. The van der Waals surface area contributed by atoms with Crippen molar-refractivity contribution in [2.75, 3.05) is 20.1 Å². The highest BCUT2D eigenvalue weighted by Crippen LogP contribution is 2.24. The van der Waals surface area contributed by atoms with E-state index in [1.54, 1.807) is 0 Å². The number of pyridine rings is 1. The number of nitrogens with one attached hydrogen (secondary N) is 1. The van der Waals surface area contributed by atoms with Crippen LogP contribution in [0, 0.1) is 5.92 Å². The Labute approximate surface area is 97.9 Å². The Kier molecular flexibility index (Phi) is 3.91. The zero-order valence-corrected chi connectivity index (χ0v) is 10.2. The maximum Gasteiger partial charge on any atom is 0.0544 e. The monoisotopic (exact) mass is 219 g/mol. The molecular weight excluding hydrogens is 198 g/mol. The summed E-state index contributed by atoms with van der Waals surface area (Å²) in [4.78, 5) is 6.92. The molecule has 0 aromatic carbocycles. The van der Waals surface area contributed by atoms with Crippen LogP contribution in [-0.4, -0.2) is 36.1 Å². The van der Waals surface area contributed by atoms with Crippen LogP contribution in [0.25, 0.3) is 0 Å². The van der Waals surface area contributed by atoms with E-state index in [-0.39, 0.29) is 0 Å². The minimum absolute atomic E-state index is 0.662. The molecule has 2 heterocycles. The number of rotatable bonds is 4. The van der Waals surface area contributed by atoms with Crippen molar-refractivity contribution >= 4 is 0 Å². The molecule has 2 rings (SSSR count). The molecule has 3 nitrogen and oxygen atoms in total. The minimum Gasteiger partial charge on any atom is -0.319 e. The van der Waals surface area contributed by atoms with E-state index in [9.17, 15) is 0 Å². The maximum absolute atomic E-state index is 4.39. The van der Waals surface area contributed by atoms with E-state index in [1.165, 1.54) is 18.7 Å². The lowest BCUT2D eigenvalue weighted by Crippen LogP contribution is -2.33. The van der Waals surface area contributed by atoms with Gasteiger partial charge in [-0.15, -0.1) is 0 Å². The van der Waals surface area contributed by atoms with Crippen molar-refractivity contribution in [3.8, 4) is 0 Å². The Hall–Kier alpha value is -0.930. The van der Waals surface area contributed by atoms with Gasteiger partial charge in [-0.05, 0) is 51.5 Å². The molecule has 1 fully saturated rings. The molecule has 0 amide bonds. The molecular formula is C13H21N3. The fourth-order valence-corrected chi connectivity index (χ4v) is 2.53. The Balaban J connectivity index is 1.92. The molecule has 88 valence electrons. The maximum atomic E-state index is 4.39. The fraction of sp³-hybridized carbons (Fsp3) is 0.615. The van der Waals surface area contributed by atoms with E-state index in [4.69, 9.17) is 0 Å². The predicted octanol–water partition coefficient (Wildman–Crippen LogP) is 1.51. The third kappa shape index (κ3) is 2.60. The fourth-order valence-electron chi connectivity index (χ4n) is 2.53. The van der Waals surface area contributed by atoms with Crippen LogP contribution in [0.4, 0.5) is 0 Å². The first-order valence-electron chi connectivity index (χ1n) is 6.10. The number of likely N-dealkylation sites (tertiary alicyclic amines) is 1. The quantitative estimate of drug-likeness (QED) is 0.832. The smallest absolute Gasteiger partial charge is 0.0544 e. The summed E-state index contributed by atoms with van der Waals surface area (Å²) >= 11 is 0. The summed E-state index contributed by atoms with van der Waals surface area (Å²) < 4.78 is 0. The van der Waals surface area contributed by atoms with Gasteiger partial charge in [-0.1, -0.05) is 6.07 Å². The van der Waals surface area contributed by atoms with Gasteiger partial charge in [0.05, 0.1) is 5.69 Å². The molecule has 0 saturated carbocycles. The highest BCUT2D eigenvalue weighted by molar-refractivity contribution is 5.04. The van der Waals surface area contributed by atoms with Crippen LogP contribution in [0.1, 0.15) is 19.0 Å². The summed E-state index contributed by atoms with van der Waals surface area (Å²) in [6.07, 6.45) is 3.18. The minimum atomic E-state index is 0.662. The molecule has 1 aromatic rings. The lowest BCUT2D eigenvalue weighted by molar-refractivity contribution is 0.230. The number of hydrogen-bond donors (Lipinski definition) is 1. The van der Waals surface area contributed by atoms with Gasteiger partial charge in [-0.2, -0.15) is 0 Å². The standard InChI is InChI=1S/C13H21N3/c1-11-12(9-14-2)6-8-16(11)10-13-5-3-4-7-15-13/h3-5,7,11-12,14H,6,8-10H2,1-2H3. The van der Waals surface area contributed by atoms with E-state index in [2.05, 4.69) is 34.3 Å². The number of hydrogen-bond acceptors (Lipinski definition) is 3. The Morgan fingerprint density at radius 2 is 2.38 bits per heavy atom. The molecule has 2 unspecified atom stereocenters. The molecule has 2 atom stereocenters. The summed E-state index contributed by atoms with van der Waals surface area (Å²) in [5.74, 6) is 0.786. The van der Waals surface area contributed by atoms with Crippen molar-refractivity contribution in [3.63, 3.8) is 0 Å². The van der Waals surface area contributed by atoms with Crippen LogP contribution in [0.2, 0.25) is 0 Å². The van der Waals surface area contributed by atoms with Crippen LogP contribution in [-0.2, 0) is 6.54 Å². The van der Waals surface area contributed by atoms with Crippen molar-refractivity contribution < 1.29 is 0 Å². The Bertz CT molecular complexity index is 312. The van der Waals surface area contributed by atoms with Crippen LogP contribution in [0.15, 0.2) is 24.4 Å². The Morgan fingerprint density at radius 1 is 1.50 bits per heavy atom. The SMILES string of the molecule is CNCC1CCN(Cc2ccccn2)C1C. The molecule has 1 aromatic heterocycles. The first-order chi connectivity index (χ1) is 7.81. The van der Waals surface area contributed by atoms with E-state index in [0.717, 1.165) is 19.0 Å². The third-order valence-corrected chi connectivity index (χ3v) is 3.60. The van der Waals surface area contributed by atoms with Gasteiger partial charge < -0.3 is 5.32 Å². The molecule has 0 spiro atoms. The van der Waals surface area contributed by atoms with Gasteiger partial charge in [0.15, 0.2) is 0 Å². The summed E-state index contributed by atoms with van der Waals surface area (Å²) in [5.41, 5.74) is 1.18.